The number of aromatic nitrogens is 3. The summed E-state index contributed by atoms with van der Waals surface area (Å²) in [6.45, 7) is 19.2. The van der Waals surface area contributed by atoms with Crippen molar-refractivity contribution in [3.05, 3.63) is 126 Å². The molecule has 0 spiro atoms. The first kappa shape index (κ1) is 30.8. The predicted molar refractivity (Wildman–Crippen MR) is 201 cm³/mol. The summed E-state index contributed by atoms with van der Waals surface area (Å²) >= 11 is 0. The SMILES string of the molecule is CC1(C)c2ccccc2-c2cc3c4ccccc4n(-c4cc[c-]c5c4ccn4c6cc7c(cc6nc54)C(C)(C)C(C)(C)C7(C)C)c3cc21.[Ir]. The number of benzene rings is 5. The van der Waals surface area contributed by atoms with E-state index in [1.807, 2.05) is 0 Å². The third kappa shape index (κ3) is 3.54. The molecule has 245 valence electrons. The molecule has 0 N–H and O–H groups in total. The van der Waals surface area contributed by atoms with Crippen molar-refractivity contribution in [1.29, 1.82) is 0 Å². The Balaban J connectivity index is 0.00000325. The zero-order chi connectivity index (χ0) is 33.1. The smallest absolute Gasteiger partial charge is 0.0777 e. The van der Waals surface area contributed by atoms with E-state index >= 15 is 0 Å². The first-order valence-electron chi connectivity index (χ1n) is 17.3. The Morgan fingerprint density at radius 3 is 2.08 bits per heavy atom. The normalized spacial score (nSPS) is 17.9. The van der Waals surface area contributed by atoms with Gasteiger partial charge in [-0.05, 0) is 91.8 Å². The molecule has 2 aliphatic carbocycles. The minimum Gasteiger partial charge on any atom is -0.341 e. The molecule has 5 aromatic carbocycles. The largest absolute Gasteiger partial charge is 0.341 e. The second-order valence-corrected chi connectivity index (χ2v) is 16.5. The Morgan fingerprint density at radius 1 is 0.592 bits per heavy atom. The Hall–Kier alpha value is -4.24. The van der Waals surface area contributed by atoms with Gasteiger partial charge < -0.3 is 8.97 Å². The summed E-state index contributed by atoms with van der Waals surface area (Å²) in [5.74, 6) is 0. The summed E-state index contributed by atoms with van der Waals surface area (Å²) in [7, 11) is 0. The molecule has 3 aromatic heterocycles. The van der Waals surface area contributed by atoms with Crippen LogP contribution in [0.4, 0.5) is 0 Å². The summed E-state index contributed by atoms with van der Waals surface area (Å²) in [4.78, 5) is 5.34. The zero-order valence-electron chi connectivity index (χ0n) is 29.4. The molecule has 8 aromatic rings. The van der Waals surface area contributed by atoms with Gasteiger partial charge in [0.25, 0.3) is 0 Å². The molecule has 1 radical (unpaired) electrons. The second kappa shape index (κ2) is 9.50. The molecule has 4 heteroatoms. The minimum absolute atomic E-state index is 0. The van der Waals surface area contributed by atoms with Gasteiger partial charge in [-0.25, -0.2) is 0 Å². The van der Waals surface area contributed by atoms with Gasteiger partial charge in [-0.2, -0.15) is 0 Å². The van der Waals surface area contributed by atoms with E-state index in [1.165, 1.54) is 60.7 Å². The van der Waals surface area contributed by atoms with Crippen molar-refractivity contribution < 1.29 is 20.1 Å². The van der Waals surface area contributed by atoms with E-state index in [9.17, 15) is 0 Å². The van der Waals surface area contributed by atoms with Gasteiger partial charge in [0.2, 0.25) is 0 Å². The molecule has 0 amide bonds. The molecule has 0 saturated carbocycles. The fraction of sp³-hybridized carbons (Fsp3) is 0.267. The Morgan fingerprint density at radius 2 is 1.29 bits per heavy atom. The van der Waals surface area contributed by atoms with E-state index < -0.39 is 0 Å². The van der Waals surface area contributed by atoms with E-state index in [1.54, 1.807) is 0 Å². The Bertz CT molecular complexity index is 2730. The molecule has 3 nitrogen and oxygen atoms in total. The van der Waals surface area contributed by atoms with E-state index in [0.717, 1.165) is 27.6 Å². The van der Waals surface area contributed by atoms with Crippen molar-refractivity contribution in [2.45, 2.75) is 71.6 Å². The average Bonchev–Trinajstić information content (AvgIpc) is 3.70. The van der Waals surface area contributed by atoms with Crippen molar-refractivity contribution in [1.82, 2.24) is 14.0 Å². The molecular weight excluding hydrogens is 775 g/mol. The van der Waals surface area contributed by atoms with Crippen molar-refractivity contribution in [3.8, 4) is 16.8 Å². The van der Waals surface area contributed by atoms with Gasteiger partial charge >= 0.3 is 0 Å². The molecule has 0 atom stereocenters. The van der Waals surface area contributed by atoms with Gasteiger partial charge in [0.15, 0.2) is 0 Å². The molecule has 0 bridgehead atoms. The van der Waals surface area contributed by atoms with Gasteiger partial charge in [0.1, 0.15) is 0 Å². The van der Waals surface area contributed by atoms with Gasteiger partial charge in [-0.15, -0.1) is 18.2 Å². The number of pyridine rings is 1. The van der Waals surface area contributed by atoms with Crippen LogP contribution in [-0.4, -0.2) is 14.0 Å². The van der Waals surface area contributed by atoms with Gasteiger partial charge in [0.05, 0.1) is 27.7 Å². The first-order chi connectivity index (χ1) is 22.8. The molecule has 0 saturated heterocycles. The molecule has 0 fully saturated rings. The van der Waals surface area contributed by atoms with Crippen LogP contribution in [0.15, 0.2) is 97.2 Å². The standard InChI is InChI=1S/C45H40N3.Ir/c1-42(2)32-17-11-9-14-26(32)30-22-31-27-15-10-12-18-37(27)48(39(31)24-33(30)42)38-19-13-16-29-28(38)20-21-47-40-25-35-34(23-36(40)46-41(29)47)43(3,4)45(7,8)44(35,5)6;/h9-15,17-25H,1-8H3;/q-1;. The number of nitrogens with zero attached hydrogens (tertiary/aromatic N) is 3. The quantitative estimate of drug-likeness (QED) is 0.151. The van der Waals surface area contributed by atoms with Crippen molar-refractivity contribution >= 4 is 49.3 Å². The number of imidazole rings is 1. The third-order valence-corrected chi connectivity index (χ3v) is 13.5. The number of hydrogen-bond donors (Lipinski definition) is 0. The molecular formula is C45H40IrN3-. The Kier molecular flexibility index (Phi) is 5.97. The summed E-state index contributed by atoms with van der Waals surface area (Å²) in [6.07, 6.45) is 2.22. The topological polar surface area (TPSA) is 22.2 Å². The van der Waals surface area contributed by atoms with E-state index in [0.29, 0.717) is 0 Å². The molecule has 3 heterocycles. The number of rotatable bonds is 1. The molecule has 2 aliphatic rings. The van der Waals surface area contributed by atoms with E-state index in [2.05, 4.69) is 168 Å². The van der Waals surface area contributed by atoms with Crippen LogP contribution in [0.25, 0.3) is 66.1 Å². The van der Waals surface area contributed by atoms with Crippen LogP contribution in [0.1, 0.15) is 77.6 Å². The van der Waals surface area contributed by atoms with E-state index in [-0.39, 0.29) is 41.8 Å². The molecule has 49 heavy (non-hydrogen) atoms. The van der Waals surface area contributed by atoms with Crippen LogP contribution in [-0.2, 0) is 36.4 Å². The molecule has 0 unspecified atom stereocenters. The number of hydrogen-bond acceptors (Lipinski definition) is 1. The van der Waals surface area contributed by atoms with Crippen LogP contribution in [0.3, 0.4) is 0 Å². The van der Waals surface area contributed by atoms with Crippen molar-refractivity contribution in [3.63, 3.8) is 0 Å². The summed E-state index contributed by atoms with van der Waals surface area (Å²) in [6, 6.07) is 37.7. The Labute approximate surface area is 301 Å². The average molecular weight is 815 g/mol. The predicted octanol–water partition coefficient (Wildman–Crippen LogP) is 11.4. The molecule has 0 aliphatic heterocycles. The monoisotopic (exact) mass is 815 g/mol. The second-order valence-electron chi connectivity index (χ2n) is 16.5. The minimum atomic E-state index is -0.0747. The van der Waals surface area contributed by atoms with Crippen LogP contribution < -0.4 is 0 Å². The van der Waals surface area contributed by atoms with Gasteiger partial charge in [0, 0.05) is 36.3 Å². The summed E-state index contributed by atoms with van der Waals surface area (Å²) < 4.78 is 4.76. The van der Waals surface area contributed by atoms with Crippen LogP contribution in [0, 0.1) is 11.5 Å². The maximum absolute atomic E-state index is 5.34. The summed E-state index contributed by atoms with van der Waals surface area (Å²) in [5.41, 5.74) is 15.2. The maximum atomic E-state index is 5.34. The fourth-order valence-corrected chi connectivity index (χ4v) is 9.58. The molecule has 10 rings (SSSR count). The zero-order valence-corrected chi connectivity index (χ0v) is 31.8. The van der Waals surface area contributed by atoms with Crippen LogP contribution >= 0.6 is 0 Å². The van der Waals surface area contributed by atoms with Crippen molar-refractivity contribution in [2.24, 2.45) is 5.41 Å². The van der Waals surface area contributed by atoms with Crippen LogP contribution in [0.2, 0.25) is 0 Å². The maximum Gasteiger partial charge on any atom is 0.0777 e. The summed E-state index contributed by atoms with van der Waals surface area (Å²) in [5, 5.41) is 4.76. The van der Waals surface area contributed by atoms with Gasteiger partial charge in [-0.1, -0.05) is 115 Å². The number of fused-ring (bicyclic) bond motifs is 12. The third-order valence-electron chi connectivity index (χ3n) is 13.5. The van der Waals surface area contributed by atoms with Crippen molar-refractivity contribution in [2.75, 3.05) is 0 Å². The fourth-order valence-electron chi connectivity index (χ4n) is 9.58. The number of para-hydroxylation sites is 1. The first-order valence-corrected chi connectivity index (χ1v) is 17.3. The van der Waals surface area contributed by atoms with E-state index in [4.69, 9.17) is 4.98 Å². The van der Waals surface area contributed by atoms with Crippen LogP contribution in [0.5, 0.6) is 0 Å². The van der Waals surface area contributed by atoms with Gasteiger partial charge in [-0.3, -0.25) is 4.98 Å².